The van der Waals surface area contributed by atoms with Gasteiger partial charge in [-0.05, 0) is 45.4 Å². The lowest BCUT2D eigenvalue weighted by Gasteiger charge is -2.46. The molecule has 0 aromatic heterocycles. The Balaban J connectivity index is 1.11. The average Bonchev–Trinajstić information content (AvgIpc) is 3.99. The van der Waals surface area contributed by atoms with E-state index in [2.05, 4.69) is 5.32 Å². The van der Waals surface area contributed by atoms with Crippen LogP contribution in [-0.4, -0.2) is 293 Å². The van der Waals surface area contributed by atoms with Crippen LogP contribution in [0.15, 0.2) is 0 Å². The Kier molecular flexibility index (Phi) is 30.5. The number of carbonyl (C=O) groups is 7. The second-order valence-electron chi connectivity index (χ2n) is 22.4. The molecular weight excluding hydrogens is 1140 g/mol. The number of rotatable bonds is 37. The van der Waals surface area contributed by atoms with E-state index in [-0.39, 0.29) is 115 Å². The molecule has 20 atom stereocenters. The van der Waals surface area contributed by atoms with Gasteiger partial charge in [0, 0.05) is 64.0 Å². The van der Waals surface area contributed by atoms with Gasteiger partial charge >= 0.3 is 5.97 Å². The number of ether oxygens (including phenoxy) is 7. The van der Waals surface area contributed by atoms with Crippen LogP contribution in [-0.2, 0) is 71.6 Å². The van der Waals surface area contributed by atoms with Crippen molar-refractivity contribution in [1.29, 1.82) is 0 Å². The number of imide groups is 1. The van der Waals surface area contributed by atoms with Crippen molar-refractivity contribution in [1.82, 2.24) is 15.3 Å². The monoisotopic (exact) mass is 1230 g/mol. The second kappa shape index (κ2) is 36.0. The van der Waals surface area contributed by atoms with Gasteiger partial charge in [0.15, 0.2) is 18.9 Å². The van der Waals surface area contributed by atoms with Gasteiger partial charge in [0.2, 0.25) is 5.91 Å². The molecule has 85 heavy (non-hydrogen) atoms. The smallest absolute Gasteiger partial charge is 0.333 e. The molecule has 14 N–H and O–H groups in total. The molecule has 0 radical (unpaired) electrons. The number of Topliss-reactive ketones (excluding diaryl/α,β-unsaturated/α-hetero) is 3. The zero-order valence-corrected chi connectivity index (χ0v) is 47.8. The normalized spacial score (nSPS) is 34.4. The Bertz CT molecular complexity index is 2090. The summed E-state index contributed by atoms with van der Waals surface area (Å²) in [6, 6.07) is 0. The molecule has 0 aromatic carbocycles. The zero-order chi connectivity index (χ0) is 62.5. The number of nitrogens with one attached hydrogen (secondary N) is 1. The van der Waals surface area contributed by atoms with Crippen molar-refractivity contribution in [2.45, 2.75) is 233 Å². The van der Waals surface area contributed by atoms with Gasteiger partial charge < -0.3 is 110 Å². The van der Waals surface area contributed by atoms with Crippen LogP contribution in [0.2, 0.25) is 0 Å². The fourth-order valence-electron chi connectivity index (χ4n) is 10.5. The van der Waals surface area contributed by atoms with Crippen molar-refractivity contribution >= 4 is 41.0 Å². The van der Waals surface area contributed by atoms with Gasteiger partial charge in [-0.15, -0.1) is 5.06 Å². The number of aliphatic hydroxyl groups excluding tert-OH is 13. The van der Waals surface area contributed by atoms with Crippen LogP contribution in [0.3, 0.4) is 0 Å². The largest absolute Gasteiger partial charge is 0.396 e. The maximum Gasteiger partial charge on any atom is 0.333 e. The van der Waals surface area contributed by atoms with E-state index in [9.17, 15) is 99.9 Å². The molecular formula is C54H89N3O28. The average molecular weight is 1230 g/mol. The first-order valence-corrected chi connectivity index (χ1v) is 29.2. The summed E-state index contributed by atoms with van der Waals surface area (Å²) < 4.78 is 39.5. The fraction of sp³-hybridized carbons (Fsp3) is 0.870. The van der Waals surface area contributed by atoms with Crippen molar-refractivity contribution in [2.24, 2.45) is 5.92 Å². The number of amides is 3. The van der Waals surface area contributed by atoms with E-state index in [4.69, 9.17) is 38.0 Å². The number of unbranched alkanes of at least 4 members (excludes halogenated alkanes) is 6. The van der Waals surface area contributed by atoms with Crippen molar-refractivity contribution in [3.8, 4) is 0 Å². The molecule has 1 saturated carbocycles. The highest BCUT2D eigenvalue weighted by atomic mass is 16.7. The SMILES string of the molecule is C[C@@H]1O[C@@H](OCCNC(=O)CCCCCCC(=O)CN(CC(=O)CCCCCCC(=O)ON2C(=O)CCC2=O)CC(=O)CCCO[C@H]2O[C@H](CO[C@H]3O[C@H](CO)[C@@H](O)[C@H](O)[C@@H]3O)[C@@H](O)[C@H](O[C@H]3C[C@H](CO)[C@@H](O)[C@H](O)[C@@H]3O)[C@@H]2O)[C@@H](O)[C@H](O)[C@@H]1O. The highest BCUT2D eigenvalue weighted by Crippen LogP contribution is 2.34. The highest BCUT2D eigenvalue weighted by Gasteiger charge is 2.52. The number of aliphatic hydroxyl groups is 13. The molecule has 4 saturated heterocycles. The molecule has 0 bridgehead atoms. The molecule has 5 rings (SSSR count). The number of hydroxylamine groups is 2. The van der Waals surface area contributed by atoms with Crippen LogP contribution in [0.1, 0.15) is 116 Å². The van der Waals surface area contributed by atoms with Crippen molar-refractivity contribution in [2.75, 3.05) is 59.2 Å². The van der Waals surface area contributed by atoms with Crippen molar-refractivity contribution in [3.63, 3.8) is 0 Å². The van der Waals surface area contributed by atoms with E-state index >= 15 is 0 Å². The highest BCUT2D eigenvalue weighted by molar-refractivity contribution is 6.01. The summed E-state index contributed by atoms with van der Waals surface area (Å²) in [5, 5.41) is 138. The summed E-state index contributed by atoms with van der Waals surface area (Å²) in [5.41, 5.74) is 0. The van der Waals surface area contributed by atoms with Crippen LogP contribution < -0.4 is 5.32 Å². The minimum atomic E-state index is -1.84. The van der Waals surface area contributed by atoms with Crippen LogP contribution >= 0.6 is 0 Å². The van der Waals surface area contributed by atoms with Crippen LogP contribution in [0.25, 0.3) is 0 Å². The quantitative estimate of drug-likeness (QED) is 0.0203. The standard InChI is InChI=1S/C54H89N3O28/c1-28-40(67)45(72)48(75)52(81-28)79-20-18-55-36(63)14-8-4-2-6-11-30(60)22-56(23-31(61)12-7-3-5-9-15-39(66)85-57-37(64)16-17-38(57)65)24-32(62)13-10-19-78-54-50(77)51(82-33-21-29(25-58)41(68)46(73)42(33)69)44(71)35(84-54)27-80-53-49(76)47(74)43(70)34(26-59)83-53/h28-29,33-35,40-54,58-59,67-77H,2-27H2,1H3,(H,55,63)/t28-,29+,33-,34+,35+,40+,41+,42+,43+,44+,45+,46-,47-,48-,49-,50-,51-,52+,53-,54-/m0/s1. The summed E-state index contributed by atoms with van der Waals surface area (Å²) in [6.45, 7) is -1.56. The molecule has 0 unspecified atom stereocenters. The molecule has 5 aliphatic rings. The van der Waals surface area contributed by atoms with Gasteiger partial charge in [-0.1, -0.05) is 25.7 Å². The lowest BCUT2D eigenvalue weighted by Crippen LogP contribution is -2.64. The molecule has 4 aliphatic heterocycles. The van der Waals surface area contributed by atoms with E-state index < -0.39 is 166 Å². The van der Waals surface area contributed by atoms with Gasteiger partial charge in [-0.25, -0.2) is 4.79 Å². The van der Waals surface area contributed by atoms with E-state index in [1.165, 1.54) is 11.8 Å². The minimum Gasteiger partial charge on any atom is -0.396 e. The number of ketones is 3. The Labute approximate surface area is 490 Å². The van der Waals surface area contributed by atoms with Crippen molar-refractivity contribution in [3.05, 3.63) is 0 Å². The summed E-state index contributed by atoms with van der Waals surface area (Å²) in [5.74, 6) is -4.07. The Morgan fingerprint density at radius 3 is 1.62 bits per heavy atom. The molecule has 488 valence electrons. The lowest BCUT2D eigenvalue weighted by atomic mass is 9.81. The fourth-order valence-corrected chi connectivity index (χ4v) is 10.5. The number of hydrogen-bond donors (Lipinski definition) is 14. The summed E-state index contributed by atoms with van der Waals surface area (Å²) in [6.07, 6.45) is -25.6. The molecule has 0 spiro atoms. The van der Waals surface area contributed by atoms with Gasteiger partial charge in [0.25, 0.3) is 11.8 Å². The first kappa shape index (κ1) is 72.0. The van der Waals surface area contributed by atoms with E-state index in [1.807, 2.05) is 0 Å². The number of carbonyl (C=O) groups excluding carboxylic acids is 7. The molecule has 5 fully saturated rings. The third kappa shape index (κ3) is 21.8. The van der Waals surface area contributed by atoms with Gasteiger partial charge in [0.05, 0.1) is 64.4 Å². The molecule has 4 heterocycles. The predicted octanol–water partition coefficient (Wildman–Crippen LogP) is -5.85. The first-order chi connectivity index (χ1) is 40.4. The Hall–Kier alpha value is -3.75. The van der Waals surface area contributed by atoms with Gasteiger partial charge in [-0.2, -0.15) is 0 Å². The van der Waals surface area contributed by atoms with Crippen LogP contribution in [0.5, 0.6) is 0 Å². The Morgan fingerprint density at radius 2 is 1.04 bits per heavy atom. The molecule has 31 heteroatoms. The van der Waals surface area contributed by atoms with Crippen LogP contribution in [0, 0.1) is 5.92 Å². The maximum absolute atomic E-state index is 13.5. The third-order valence-corrected chi connectivity index (χ3v) is 15.6. The minimum absolute atomic E-state index is 0.00939. The number of hydrogen-bond acceptors (Lipinski definition) is 29. The summed E-state index contributed by atoms with van der Waals surface area (Å²) >= 11 is 0. The van der Waals surface area contributed by atoms with E-state index in [0.29, 0.717) is 56.4 Å². The van der Waals surface area contributed by atoms with Crippen LogP contribution in [0.4, 0.5) is 0 Å². The Morgan fingerprint density at radius 1 is 0.529 bits per heavy atom. The third-order valence-electron chi connectivity index (χ3n) is 15.6. The van der Waals surface area contributed by atoms with Gasteiger partial charge in [0.1, 0.15) is 96.7 Å². The lowest BCUT2D eigenvalue weighted by molar-refractivity contribution is -0.340. The molecule has 3 amide bonds. The summed E-state index contributed by atoms with van der Waals surface area (Å²) in [7, 11) is 0. The molecule has 1 aliphatic carbocycles. The number of nitrogens with zero attached hydrogens (tertiary/aromatic N) is 2. The second-order valence-corrected chi connectivity index (χ2v) is 22.4. The zero-order valence-electron chi connectivity index (χ0n) is 47.8. The topological polar surface area (TPSA) is 475 Å². The molecule has 0 aromatic rings. The van der Waals surface area contributed by atoms with E-state index in [0.717, 1.165) is 0 Å². The van der Waals surface area contributed by atoms with Crippen molar-refractivity contribution < 1.29 is 138 Å². The first-order valence-electron chi connectivity index (χ1n) is 29.2. The summed E-state index contributed by atoms with van der Waals surface area (Å²) in [4.78, 5) is 94.5. The van der Waals surface area contributed by atoms with Gasteiger partial charge in [-0.3, -0.25) is 33.7 Å². The molecule has 31 nitrogen and oxygen atoms in total. The predicted molar refractivity (Wildman–Crippen MR) is 283 cm³/mol. The van der Waals surface area contributed by atoms with E-state index in [1.54, 1.807) is 0 Å². The maximum atomic E-state index is 13.5.